The number of hydrogen-bond donors (Lipinski definition) is 2. The highest BCUT2D eigenvalue weighted by Gasteiger charge is 2.19. The van der Waals surface area contributed by atoms with E-state index in [9.17, 15) is 4.79 Å². The average Bonchev–Trinajstić information content (AvgIpc) is 2.47. The molecule has 0 bridgehead atoms. The number of benzene rings is 1. The summed E-state index contributed by atoms with van der Waals surface area (Å²) in [5.74, 6) is 0.804. The lowest BCUT2D eigenvalue weighted by molar-refractivity contribution is 0.0774. The number of nitrogens with one attached hydrogen (secondary N) is 2. The molecule has 0 aliphatic heterocycles. The molecule has 1 aromatic carbocycles. The van der Waals surface area contributed by atoms with Gasteiger partial charge < -0.3 is 20.1 Å². The van der Waals surface area contributed by atoms with Gasteiger partial charge in [-0.25, -0.2) is 4.79 Å². The highest BCUT2D eigenvalue weighted by molar-refractivity contribution is 5.73. The lowest BCUT2D eigenvalue weighted by atomic mass is 9.85. The summed E-state index contributed by atoms with van der Waals surface area (Å²) in [6.07, 6.45) is 1.01. The number of urea groups is 1. The average molecular weight is 336 g/mol. The van der Waals surface area contributed by atoms with E-state index >= 15 is 0 Å². The van der Waals surface area contributed by atoms with Gasteiger partial charge in [-0.3, -0.25) is 0 Å². The molecule has 24 heavy (non-hydrogen) atoms. The summed E-state index contributed by atoms with van der Waals surface area (Å²) in [5.41, 5.74) is 2.32. The van der Waals surface area contributed by atoms with Crippen molar-refractivity contribution in [2.75, 3.05) is 19.9 Å². The summed E-state index contributed by atoms with van der Waals surface area (Å²) in [6, 6.07) is 5.87. The summed E-state index contributed by atoms with van der Waals surface area (Å²) in [7, 11) is 0. The predicted molar refractivity (Wildman–Crippen MR) is 97.6 cm³/mol. The molecule has 5 heteroatoms. The second-order valence-corrected chi connectivity index (χ2v) is 7.24. The maximum Gasteiger partial charge on any atom is 0.317 e. The van der Waals surface area contributed by atoms with Gasteiger partial charge in [0.15, 0.2) is 6.73 Å². The quantitative estimate of drug-likeness (QED) is 0.561. The predicted octanol–water partition coefficient (Wildman–Crippen LogP) is 3.74. The van der Waals surface area contributed by atoms with Crippen LogP contribution in [0.2, 0.25) is 0 Å². The van der Waals surface area contributed by atoms with E-state index in [0.717, 1.165) is 17.7 Å². The van der Waals surface area contributed by atoms with Crippen molar-refractivity contribution in [1.82, 2.24) is 10.6 Å². The Morgan fingerprint density at radius 1 is 1.21 bits per heavy atom. The second kappa shape index (κ2) is 9.52. The number of carbonyl (C=O) groups excluding carboxylic acids is 1. The maximum absolute atomic E-state index is 11.7. The van der Waals surface area contributed by atoms with Crippen LogP contribution in [0.3, 0.4) is 0 Å². The number of aryl methyl sites for hydroxylation is 1. The third-order valence-corrected chi connectivity index (χ3v) is 3.46. The smallest absolute Gasteiger partial charge is 0.317 e. The standard InChI is InChI=1S/C19H32N2O3/c1-14(2)23-11-7-10-20-18(22)21-13-24-17-9-8-15(3)12-16(17)19(4,5)6/h8-9,12,14H,7,10-11,13H2,1-6H3,(H2,20,21,22). The Hall–Kier alpha value is -1.75. The van der Waals surface area contributed by atoms with Gasteiger partial charge in [0.25, 0.3) is 0 Å². The number of rotatable bonds is 8. The van der Waals surface area contributed by atoms with Crippen molar-refractivity contribution in [2.24, 2.45) is 0 Å². The van der Waals surface area contributed by atoms with Gasteiger partial charge in [0, 0.05) is 13.2 Å². The highest BCUT2D eigenvalue weighted by Crippen LogP contribution is 2.31. The van der Waals surface area contributed by atoms with Gasteiger partial charge in [0.05, 0.1) is 6.10 Å². The molecule has 0 atom stereocenters. The molecule has 0 radical (unpaired) electrons. The van der Waals surface area contributed by atoms with Crippen LogP contribution >= 0.6 is 0 Å². The molecule has 0 aromatic heterocycles. The fraction of sp³-hybridized carbons (Fsp3) is 0.632. The third-order valence-electron chi connectivity index (χ3n) is 3.46. The molecule has 1 rings (SSSR count). The van der Waals surface area contributed by atoms with E-state index in [1.165, 1.54) is 5.56 Å². The zero-order valence-electron chi connectivity index (χ0n) is 15.9. The third kappa shape index (κ3) is 7.68. The minimum absolute atomic E-state index is 0.0139. The summed E-state index contributed by atoms with van der Waals surface area (Å²) in [4.78, 5) is 11.7. The zero-order valence-corrected chi connectivity index (χ0v) is 15.9. The topological polar surface area (TPSA) is 59.6 Å². The summed E-state index contributed by atoms with van der Waals surface area (Å²) in [6.45, 7) is 13.9. The molecule has 2 N–H and O–H groups in total. The van der Waals surface area contributed by atoms with Crippen molar-refractivity contribution in [3.63, 3.8) is 0 Å². The van der Waals surface area contributed by atoms with Crippen molar-refractivity contribution >= 4 is 6.03 Å². The molecule has 0 spiro atoms. The lowest BCUT2D eigenvalue weighted by Crippen LogP contribution is -2.38. The first-order chi connectivity index (χ1) is 11.2. The SMILES string of the molecule is Cc1ccc(OCNC(=O)NCCCOC(C)C)c(C(C)(C)C)c1. The van der Waals surface area contributed by atoms with Gasteiger partial charge in [-0.2, -0.15) is 0 Å². The van der Waals surface area contributed by atoms with Gasteiger partial charge in [0.1, 0.15) is 5.75 Å². The number of hydrogen-bond acceptors (Lipinski definition) is 3. The molecule has 2 amide bonds. The van der Waals surface area contributed by atoms with Crippen LogP contribution in [-0.2, 0) is 10.2 Å². The Balaban J connectivity index is 2.36. The largest absolute Gasteiger partial charge is 0.473 e. The monoisotopic (exact) mass is 336 g/mol. The fourth-order valence-corrected chi connectivity index (χ4v) is 2.19. The molecule has 0 unspecified atom stereocenters. The molecule has 0 saturated heterocycles. The van der Waals surface area contributed by atoms with E-state index in [1.807, 2.05) is 26.0 Å². The molecule has 136 valence electrons. The van der Waals surface area contributed by atoms with E-state index in [1.54, 1.807) is 0 Å². The van der Waals surface area contributed by atoms with Crippen LogP contribution in [0, 0.1) is 6.92 Å². The maximum atomic E-state index is 11.7. The Bertz CT molecular complexity index is 522. The number of amides is 2. The van der Waals surface area contributed by atoms with Crippen LogP contribution in [-0.4, -0.2) is 32.0 Å². The lowest BCUT2D eigenvalue weighted by Gasteiger charge is -2.23. The molecule has 5 nitrogen and oxygen atoms in total. The molecular weight excluding hydrogens is 304 g/mol. The molecule has 0 heterocycles. The first-order valence-corrected chi connectivity index (χ1v) is 8.57. The van der Waals surface area contributed by atoms with Crippen LogP contribution < -0.4 is 15.4 Å². The van der Waals surface area contributed by atoms with E-state index in [0.29, 0.717) is 13.2 Å². The second-order valence-electron chi connectivity index (χ2n) is 7.24. The molecule has 1 aromatic rings. The van der Waals surface area contributed by atoms with E-state index in [2.05, 4.69) is 44.4 Å². The Morgan fingerprint density at radius 3 is 2.54 bits per heavy atom. The fourth-order valence-electron chi connectivity index (χ4n) is 2.19. The Labute approximate surface area is 146 Å². The van der Waals surface area contributed by atoms with E-state index in [4.69, 9.17) is 9.47 Å². The molecule has 0 aliphatic rings. The van der Waals surface area contributed by atoms with E-state index < -0.39 is 0 Å². The molecule has 0 fully saturated rings. The number of carbonyl (C=O) groups is 1. The van der Waals surface area contributed by atoms with Crippen molar-refractivity contribution < 1.29 is 14.3 Å². The van der Waals surface area contributed by atoms with Crippen molar-refractivity contribution in [3.05, 3.63) is 29.3 Å². The van der Waals surface area contributed by atoms with Gasteiger partial charge in [-0.1, -0.05) is 38.5 Å². The Morgan fingerprint density at radius 2 is 1.92 bits per heavy atom. The van der Waals surface area contributed by atoms with Crippen LogP contribution in [0.5, 0.6) is 5.75 Å². The van der Waals surface area contributed by atoms with Gasteiger partial charge >= 0.3 is 6.03 Å². The van der Waals surface area contributed by atoms with Gasteiger partial charge in [0.2, 0.25) is 0 Å². The molecule has 0 aliphatic carbocycles. The Kier molecular flexibility index (Phi) is 8.05. The molecule has 0 saturated carbocycles. The number of ether oxygens (including phenoxy) is 2. The van der Waals surface area contributed by atoms with Crippen molar-refractivity contribution in [2.45, 2.75) is 59.5 Å². The minimum Gasteiger partial charge on any atom is -0.473 e. The van der Waals surface area contributed by atoms with Gasteiger partial charge in [-0.05, 0) is 44.2 Å². The zero-order chi connectivity index (χ0) is 18.2. The van der Waals surface area contributed by atoms with Crippen LogP contribution in [0.15, 0.2) is 18.2 Å². The summed E-state index contributed by atoms with van der Waals surface area (Å²) >= 11 is 0. The van der Waals surface area contributed by atoms with Crippen LogP contribution in [0.25, 0.3) is 0 Å². The highest BCUT2D eigenvalue weighted by atomic mass is 16.5. The van der Waals surface area contributed by atoms with Crippen molar-refractivity contribution in [1.29, 1.82) is 0 Å². The van der Waals surface area contributed by atoms with Crippen molar-refractivity contribution in [3.8, 4) is 5.75 Å². The first-order valence-electron chi connectivity index (χ1n) is 8.57. The van der Waals surface area contributed by atoms with E-state index in [-0.39, 0.29) is 24.3 Å². The van der Waals surface area contributed by atoms with Crippen LogP contribution in [0.1, 0.15) is 52.2 Å². The van der Waals surface area contributed by atoms with Gasteiger partial charge in [-0.15, -0.1) is 0 Å². The minimum atomic E-state index is -0.232. The molecular formula is C19H32N2O3. The summed E-state index contributed by atoms with van der Waals surface area (Å²) in [5, 5.41) is 5.50. The normalized spacial score (nSPS) is 11.5. The first kappa shape index (κ1) is 20.3. The summed E-state index contributed by atoms with van der Waals surface area (Å²) < 4.78 is 11.2. The van der Waals surface area contributed by atoms with Crippen LogP contribution in [0.4, 0.5) is 4.79 Å².